The number of nitrogens with two attached hydrogens (primary N) is 1. The summed E-state index contributed by atoms with van der Waals surface area (Å²) in [7, 11) is 8.24. The third kappa shape index (κ3) is 37.9. The van der Waals surface area contributed by atoms with Gasteiger partial charge in [0.05, 0.1) is 72.8 Å². The summed E-state index contributed by atoms with van der Waals surface area (Å²) in [6.07, 6.45) is 13.6. The first-order valence-electron chi connectivity index (χ1n) is 32.9. The number of carbonyl (C=O) groups excluding carboxylic acids is 3. The van der Waals surface area contributed by atoms with Crippen molar-refractivity contribution in [3.8, 4) is 0 Å². The van der Waals surface area contributed by atoms with E-state index in [9.17, 15) is 34.0 Å². The van der Waals surface area contributed by atoms with Crippen LogP contribution in [-0.4, -0.2) is 106 Å². The molecule has 18 nitrogen and oxygen atoms in total. The van der Waals surface area contributed by atoms with Gasteiger partial charge in [0.25, 0.3) is 0 Å². The van der Waals surface area contributed by atoms with Crippen molar-refractivity contribution >= 4 is 218 Å². The molecular formula is C76H90B2Br2Cl8N3NaO15SSn. The number of carbonyl (C=O) groups is 5. The molecule has 0 radical (unpaired) electrons. The van der Waals surface area contributed by atoms with Gasteiger partial charge in [-0.05, 0) is 157 Å². The van der Waals surface area contributed by atoms with Crippen molar-refractivity contribution in [2.24, 2.45) is 5.84 Å². The first-order valence-corrected chi connectivity index (χ1v) is 46.8. The Balaban J connectivity index is 0. The molecule has 2 aliphatic rings. The molecule has 586 valence electrons. The van der Waals surface area contributed by atoms with Crippen LogP contribution in [0.3, 0.4) is 0 Å². The molecule has 2 heterocycles. The molecule has 0 amide bonds. The number of ether oxygens (including phenoxy) is 2. The Hall–Kier alpha value is -3.91. The van der Waals surface area contributed by atoms with E-state index in [4.69, 9.17) is 86.9 Å². The summed E-state index contributed by atoms with van der Waals surface area (Å²) >= 11 is 33.6. The van der Waals surface area contributed by atoms with Crippen LogP contribution in [0.15, 0.2) is 167 Å². The Kier molecular flexibility index (Phi) is 54.6. The van der Waals surface area contributed by atoms with E-state index >= 15 is 0 Å². The molecule has 0 atom stereocenters. The van der Waals surface area contributed by atoms with E-state index in [0.717, 1.165) is 58.9 Å². The van der Waals surface area contributed by atoms with Crippen LogP contribution >= 0.6 is 111 Å². The maximum absolute atomic E-state index is 12.5. The molecule has 9 rings (SSSR count). The number of rotatable bonds is 20. The molecule has 7 aromatic rings. The first kappa shape index (κ1) is 107. The summed E-state index contributed by atoms with van der Waals surface area (Å²) in [6.45, 7) is 29.7. The predicted octanol–water partition coefficient (Wildman–Crippen LogP) is 14.2. The summed E-state index contributed by atoms with van der Waals surface area (Å²) in [6, 6.07) is 36.0. The molecule has 0 aliphatic carbocycles. The number of benzene rings is 7. The van der Waals surface area contributed by atoms with E-state index in [2.05, 4.69) is 125 Å². The van der Waals surface area contributed by atoms with Crippen molar-refractivity contribution in [3.63, 3.8) is 0 Å². The SMILES string of the molecule is C=Cc1ccc(C(=O)Cc2ccc3c(c2)B(O)OC3(C)C)c(Cl)c1.C=Cc1ccc(C(=O)O)c(Cl)c1.C=Cc1ccc(C(=O)OC)c(Cl)c1.C=[CH][Sn]([CH2]CCC)([CH2]CCC)[CH2]CCC.CC1(C)OB(O)c2cc([NH3+])ccc21.COC(=O)c1ccc(Br)cc1Cl.N[N-]O.O=C(O)c1ccc(Br)cc1Cl.O=S(Cl)Cl.[Cl-].[Na+]. The number of hydrogen-bond donors (Lipinski definition) is 7. The average molecular weight is 1920 g/mol. The van der Waals surface area contributed by atoms with Crippen molar-refractivity contribution in [2.75, 3.05) is 14.2 Å². The third-order valence-corrected chi connectivity index (χ3v) is 32.5. The van der Waals surface area contributed by atoms with Gasteiger partial charge in [-0.2, -0.15) is 0 Å². The topological polar surface area (TPSA) is 308 Å². The second-order valence-electron chi connectivity index (χ2n) is 24.3. The molecule has 33 heteroatoms. The number of halogens is 10. The standard InChI is InChI=1S/C19H18BClO3.C10H9ClO2.C9H12BNO2.C9H7ClO2.C8H6BrClO2.C7H4BrClO2.3C4H9.C2H3.Cl2OS.ClH.H3N2O.Na.Sn/c1-4-12-5-7-14(17(21)10-12)18(22)11-13-6-8-15-16(9-13)20(23)24-19(15,2)3;1-3-7-4-5-8(9(11)6-7)10(12)13-2;1-9(2)7-4-3-6(11)5-8(7)10(12)13-9;1-2-6-3-4-7(9(11)12)8(10)5-6;1-12-8(11)6-3-2-5(9)4-7(6)10;8-4-1-2-5(7(10)11)6(9)3-4;3*1-3-4-2;1-2;1-4(2)3;;1-2-3;;/h4-10,23H,1,11H2,2-3H3;3-6H,1H2,2H3;3-5,12H,11H2,1-2H3;2-5H,1H2,(H,11,12);2-4H,1H3;1-3H,(H,10,11);3*1,3-4H2,2H3;1H,2H2;;1H;3H,1H2;;/q;;;;;;;;;;;;-1;+1;. The number of carboxylic acids is 2. The molecule has 0 fully saturated rings. The number of aromatic carboxylic acids is 2. The minimum absolute atomic E-state index is 0. The Bertz CT molecular complexity index is 4150. The van der Waals surface area contributed by atoms with Crippen molar-refractivity contribution in [3.05, 3.63) is 259 Å². The molecule has 2 aliphatic heterocycles. The van der Waals surface area contributed by atoms with Gasteiger partial charge in [-0.1, -0.05) is 170 Å². The van der Waals surface area contributed by atoms with Gasteiger partial charge in [0.15, 0.2) is 5.78 Å². The Morgan fingerprint density at radius 1 is 0.569 bits per heavy atom. The minimum atomic E-state index is -1.85. The summed E-state index contributed by atoms with van der Waals surface area (Å²) < 4.78 is 37.9. The van der Waals surface area contributed by atoms with Gasteiger partial charge in [0.2, 0.25) is 9.23 Å². The van der Waals surface area contributed by atoms with E-state index in [0.29, 0.717) is 31.8 Å². The zero-order valence-electron chi connectivity index (χ0n) is 62.2. The number of fused-ring (bicyclic) bond motifs is 2. The monoisotopic (exact) mass is 1920 g/mol. The van der Waals surface area contributed by atoms with Gasteiger partial charge in [-0.25, -0.2) is 23.4 Å². The fourth-order valence-corrected chi connectivity index (χ4v) is 25.6. The fraction of sp³-hybridized carbons (Fsp3) is 0.276. The second kappa shape index (κ2) is 55.6. The number of hydrogen-bond acceptors (Lipinski definition) is 14. The van der Waals surface area contributed by atoms with Gasteiger partial charge >= 0.3 is 169 Å². The summed E-state index contributed by atoms with van der Waals surface area (Å²) in [5, 5.41) is 45.5. The molecule has 109 heavy (non-hydrogen) atoms. The molecular weight excluding hydrogens is 1830 g/mol. The molecule has 0 unspecified atom stereocenters. The maximum Gasteiger partial charge on any atom is 1.00 e. The van der Waals surface area contributed by atoms with E-state index in [1.165, 1.54) is 64.9 Å². The molecule has 0 saturated carbocycles. The largest absolute Gasteiger partial charge is 1.00 e. The molecule has 10 N–H and O–H groups in total. The number of Topliss-reactive ketones (excluding diaryl/α,β-unsaturated/α-hetero) is 1. The molecule has 0 aromatic heterocycles. The van der Waals surface area contributed by atoms with Gasteiger partial charge in [0.1, 0.15) is 5.69 Å². The van der Waals surface area contributed by atoms with E-state index in [1.54, 1.807) is 104 Å². The smallest absolute Gasteiger partial charge is 1.00 e. The number of methoxy groups -OCH3 is 2. The number of nitrogens with zero attached hydrogens (tertiary/aromatic N) is 1. The summed E-state index contributed by atoms with van der Waals surface area (Å²) in [5.74, 6) is 1.08. The fourth-order valence-electron chi connectivity index (χ4n) is 10.3. The van der Waals surface area contributed by atoms with Crippen LogP contribution in [0.1, 0.15) is 172 Å². The minimum Gasteiger partial charge on any atom is -1.00 e. The van der Waals surface area contributed by atoms with Gasteiger partial charge in [0, 0.05) is 42.3 Å². The van der Waals surface area contributed by atoms with E-state index < -0.39 is 71.3 Å². The Morgan fingerprint density at radius 2 is 0.881 bits per heavy atom. The number of unbranched alkanes of at least 4 members (excludes halogenated alkanes) is 3. The number of quaternary nitrogens is 1. The zero-order chi connectivity index (χ0) is 81.5. The molecule has 7 aromatic carbocycles. The number of carboxylic acid groups (broad SMARTS) is 2. The van der Waals surface area contributed by atoms with Crippen LogP contribution in [0.4, 0.5) is 5.69 Å². The second-order valence-corrected chi connectivity index (χ2v) is 43.9. The Labute approximate surface area is 726 Å². The van der Waals surface area contributed by atoms with Gasteiger partial charge < -0.3 is 73.8 Å². The van der Waals surface area contributed by atoms with Crippen molar-refractivity contribution in [2.45, 2.75) is 118 Å². The average Bonchev–Trinajstić information content (AvgIpc) is 1.64. The predicted molar refractivity (Wildman–Crippen MR) is 451 cm³/mol. The summed E-state index contributed by atoms with van der Waals surface area (Å²) in [4.78, 5) is 55.6. The maximum atomic E-state index is 12.5. The normalized spacial score (nSPS) is 11.9. The van der Waals surface area contributed by atoms with E-state index in [-0.39, 0.29) is 80.9 Å². The molecule has 0 spiro atoms. The molecule has 0 bridgehead atoms. The van der Waals surface area contributed by atoms with Crippen molar-refractivity contribution in [1.82, 2.24) is 0 Å². The van der Waals surface area contributed by atoms with Gasteiger partial charge in [-0.15, -0.1) is 0 Å². The van der Waals surface area contributed by atoms with Crippen molar-refractivity contribution < 1.29 is 120 Å². The van der Waals surface area contributed by atoms with Crippen LogP contribution in [0.2, 0.25) is 38.4 Å². The van der Waals surface area contributed by atoms with Crippen LogP contribution in [-0.2, 0) is 45.6 Å². The van der Waals surface area contributed by atoms with Crippen LogP contribution in [0.25, 0.3) is 23.8 Å². The zero-order valence-corrected chi connectivity index (χ0v) is 77.1. The van der Waals surface area contributed by atoms with Crippen molar-refractivity contribution in [1.29, 1.82) is 0 Å². The van der Waals surface area contributed by atoms with E-state index in [1.807, 2.05) is 75.7 Å². The molecule has 0 saturated heterocycles. The summed E-state index contributed by atoms with van der Waals surface area (Å²) in [5.41, 5.74) is 14.2. The van der Waals surface area contributed by atoms with Crippen LogP contribution < -0.4 is 64.5 Å². The first-order chi connectivity index (χ1) is 50.3. The Morgan fingerprint density at radius 3 is 1.19 bits per heavy atom. The quantitative estimate of drug-likeness (QED) is 0.00931. The van der Waals surface area contributed by atoms with Crippen LogP contribution in [0, 0.1) is 0 Å². The number of ketones is 1. The van der Waals surface area contributed by atoms with Crippen LogP contribution in [0.5, 0.6) is 0 Å². The number of esters is 2. The third-order valence-electron chi connectivity index (χ3n) is 15.9. The van der Waals surface area contributed by atoms with Gasteiger partial charge in [-0.3, -0.25) is 4.79 Å².